The van der Waals surface area contributed by atoms with Crippen molar-refractivity contribution >= 4 is 32.9 Å². The van der Waals surface area contributed by atoms with E-state index >= 15 is 0 Å². The van der Waals surface area contributed by atoms with Crippen molar-refractivity contribution in [2.75, 3.05) is 19.4 Å². The van der Waals surface area contributed by atoms with E-state index in [1.165, 1.54) is 55.3 Å². The lowest BCUT2D eigenvalue weighted by atomic mass is 10.2. The SMILES string of the molecule is CN(C)S(=O)(=O)c1cccc(C(=O)Nc2nc3cc(C(F)(F)F)ccc3n2Cc2ccco2)c1. The lowest BCUT2D eigenvalue weighted by Crippen LogP contribution is -2.23. The molecule has 0 radical (unpaired) electrons. The normalized spacial score (nSPS) is 12.4. The standard InChI is InChI=1S/C22H19F3N4O4S/c1-28(2)34(31,32)17-7-3-5-14(11-17)20(30)27-21-26-18-12-15(22(23,24)25)8-9-19(18)29(21)13-16-6-4-10-33-16/h3-12H,13H2,1-2H3,(H,26,27,30). The highest BCUT2D eigenvalue weighted by atomic mass is 32.2. The fourth-order valence-corrected chi connectivity index (χ4v) is 4.25. The first-order valence-electron chi connectivity index (χ1n) is 9.90. The summed E-state index contributed by atoms with van der Waals surface area (Å²) in [5.41, 5.74) is -0.457. The lowest BCUT2D eigenvalue weighted by Gasteiger charge is -2.13. The first kappa shape index (κ1) is 23.5. The second kappa shape index (κ2) is 8.61. The Hall–Kier alpha value is -3.64. The highest BCUT2D eigenvalue weighted by molar-refractivity contribution is 7.89. The van der Waals surface area contributed by atoms with Crippen LogP contribution in [0.5, 0.6) is 0 Å². The first-order chi connectivity index (χ1) is 16.0. The van der Waals surface area contributed by atoms with Crippen LogP contribution in [0.25, 0.3) is 11.0 Å². The smallest absolute Gasteiger partial charge is 0.416 e. The van der Waals surface area contributed by atoms with Gasteiger partial charge in [-0.15, -0.1) is 0 Å². The van der Waals surface area contributed by atoms with Gasteiger partial charge in [-0.3, -0.25) is 10.1 Å². The van der Waals surface area contributed by atoms with Gasteiger partial charge in [-0.05, 0) is 48.5 Å². The van der Waals surface area contributed by atoms with E-state index in [4.69, 9.17) is 4.42 Å². The van der Waals surface area contributed by atoms with Crippen molar-refractivity contribution in [3.05, 3.63) is 77.7 Å². The molecule has 0 unspecified atom stereocenters. The summed E-state index contributed by atoms with van der Waals surface area (Å²) >= 11 is 0. The minimum absolute atomic E-state index is 0.0170. The molecule has 178 valence electrons. The van der Waals surface area contributed by atoms with Crippen LogP contribution in [-0.2, 0) is 22.7 Å². The average molecular weight is 492 g/mol. The van der Waals surface area contributed by atoms with Crippen molar-refractivity contribution in [2.45, 2.75) is 17.6 Å². The molecule has 2 heterocycles. The molecular formula is C22H19F3N4O4S. The largest absolute Gasteiger partial charge is 0.467 e. The predicted molar refractivity (Wildman–Crippen MR) is 118 cm³/mol. The second-order valence-electron chi connectivity index (χ2n) is 7.57. The van der Waals surface area contributed by atoms with E-state index in [-0.39, 0.29) is 28.5 Å². The number of fused-ring (bicyclic) bond motifs is 1. The number of furan rings is 1. The van der Waals surface area contributed by atoms with Gasteiger partial charge < -0.3 is 8.98 Å². The molecule has 4 rings (SSSR count). The van der Waals surface area contributed by atoms with Crippen molar-refractivity contribution < 1.29 is 30.8 Å². The monoisotopic (exact) mass is 492 g/mol. The maximum atomic E-state index is 13.2. The van der Waals surface area contributed by atoms with E-state index in [2.05, 4.69) is 10.3 Å². The highest BCUT2D eigenvalue weighted by Gasteiger charge is 2.31. The molecule has 2 aromatic heterocycles. The quantitative estimate of drug-likeness (QED) is 0.435. The number of sulfonamides is 1. The summed E-state index contributed by atoms with van der Waals surface area (Å²) in [6.07, 6.45) is -3.11. The number of aromatic nitrogens is 2. The van der Waals surface area contributed by atoms with E-state index < -0.39 is 27.7 Å². The minimum Gasteiger partial charge on any atom is -0.467 e. The van der Waals surface area contributed by atoms with Crippen molar-refractivity contribution in [2.24, 2.45) is 0 Å². The van der Waals surface area contributed by atoms with E-state index in [1.54, 1.807) is 12.1 Å². The van der Waals surface area contributed by atoms with E-state index in [9.17, 15) is 26.4 Å². The molecule has 0 atom stereocenters. The number of alkyl halides is 3. The van der Waals surface area contributed by atoms with Crippen LogP contribution in [0.15, 0.2) is 70.2 Å². The van der Waals surface area contributed by atoms with Crippen molar-refractivity contribution in [3.63, 3.8) is 0 Å². The van der Waals surface area contributed by atoms with Crippen LogP contribution in [0.1, 0.15) is 21.7 Å². The number of benzene rings is 2. The Morgan fingerprint density at radius 3 is 2.53 bits per heavy atom. The Morgan fingerprint density at radius 2 is 1.88 bits per heavy atom. The summed E-state index contributed by atoms with van der Waals surface area (Å²) < 4.78 is 72.2. The summed E-state index contributed by atoms with van der Waals surface area (Å²) in [4.78, 5) is 17.1. The van der Waals surface area contributed by atoms with E-state index in [0.717, 1.165) is 16.4 Å². The molecule has 12 heteroatoms. The van der Waals surface area contributed by atoms with E-state index in [1.807, 2.05) is 0 Å². The van der Waals surface area contributed by atoms with Crippen molar-refractivity contribution in [3.8, 4) is 0 Å². The summed E-state index contributed by atoms with van der Waals surface area (Å²) in [7, 11) is -1.04. The molecule has 1 N–H and O–H groups in total. The molecule has 0 saturated heterocycles. The number of carbonyl (C=O) groups excluding carboxylic acids is 1. The maximum Gasteiger partial charge on any atom is 0.416 e. The van der Waals surface area contributed by atoms with Crippen LogP contribution in [0.3, 0.4) is 0 Å². The summed E-state index contributed by atoms with van der Waals surface area (Å²) in [5.74, 6) is -0.201. The van der Waals surface area contributed by atoms with Gasteiger partial charge in [0.1, 0.15) is 5.76 Å². The van der Waals surface area contributed by atoms with Crippen molar-refractivity contribution in [1.82, 2.24) is 13.9 Å². The lowest BCUT2D eigenvalue weighted by molar-refractivity contribution is -0.137. The molecule has 0 fully saturated rings. The molecule has 0 bridgehead atoms. The number of nitrogens with one attached hydrogen (secondary N) is 1. The topological polar surface area (TPSA) is 97.4 Å². The Labute approximate surface area is 192 Å². The average Bonchev–Trinajstić information content (AvgIpc) is 3.41. The molecule has 8 nitrogen and oxygen atoms in total. The maximum absolute atomic E-state index is 13.2. The van der Waals surface area contributed by atoms with Gasteiger partial charge in [0.05, 0.1) is 34.3 Å². The molecular weight excluding hydrogens is 473 g/mol. The zero-order valence-electron chi connectivity index (χ0n) is 18.0. The molecule has 1 amide bonds. The summed E-state index contributed by atoms with van der Waals surface area (Å²) in [6, 6.07) is 11.9. The number of hydrogen-bond donors (Lipinski definition) is 1. The number of nitrogens with zero attached hydrogens (tertiary/aromatic N) is 3. The zero-order chi connectivity index (χ0) is 24.7. The Kier molecular flexibility index (Phi) is 5.96. The zero-order valence-corrected chi connectivity index (χ0v) is 18.8. The van der Waals surface area contributed by atoms with Gasteiger partial charge in [-0.2, -0.15) is 13.2 Å². The Morgan fingerprint density at radius 1 is 1.12 bits per heavy atom. The molecule has 0 aliphatic rings. The third kappa shape index (κ3) is 4.54. The highest BCUT2D eigenvalue weighted by Crippen LogP contribution is 2.32. The fourth-order valence-electron chi connectivity index (χ4n) is 3.30. The Balaban J connectivity index is 1.74. The third-order valence-electron chi connectivity index (χ3n) is 5.07. The van der Waals surface area contributed by atoms with Crippen LogP contribution in [0.2, 0.25) is 0 Å². The van der Waals surface area contributed by atoms with Gasteiger partial charge >= 0.3 is 6.18 Å². The number of anilines is 1. The predicted octanol–water partition coefficient (Wildman–Crippen LogP) is 4.20. The van der Waals surface area contributed by atoms with Gasteiger partial charge in [0.2, 0.25) is 16.0 Å². The number of hydrogen-bond acceptors (Lipinski definition) is 5. The minimum atomic E-state index is -4.55. The molecule has 0 aliphatic carbocycles. The van der Waals surface area contributed by atoms with Gasteiger partial charge in [-0.25, -0.2) is 17.7 Å². The second-order valence-corrected chi connectivity index (χ2v) is 9.72. The van der Waals surface area contributed by atoms with Crippen LogP contribution < -0.4 is 5.32 Å². The molecule has 34 heavy (non-hydrogen) atoms. The first-order valence-corrected chi connectivity index (χ1v) is 11.3. The molecule has 0 spiro atoms. The molecule has 4 aromatic rings. The van der Waals surface area contributed by atoms with Gasteiger partial charge in [0.15, 0.2) is 0 Å². The number of halogens is 3. The molecule has 0 saturated carbocycles. The molecule has 0 aliphatic heterocycles. The number of rotatable bonds is 6. The van der Waals surface area contributed by atoms with Crippen LogP contribution in [0.4, 0.5) is 19.1 Å². The van der Waals surface area contributed by atoms with Crippen LogP contribution >= 0.6 is 0 Å². The van der Waals surface area contributed by atoms with E-state index in [0.29, 0.717) is 11.3 Å². The number of imidazole rings is 1. The van der Waals surface area contributed by atoms with Crippen molar-refractivity contribution in [1.29, 1.82) is 0 Å². The van der Waals surface area contributed by atoms with Gasteiger partial charge in [0.25, 0.3) is 5.91 Å². The molecule has 2 aromatic carbocycles. The Bertz CT molecular complexity index is 1460. The summed E-state index contributed by atoms with van der Waals surface area (Å²) in [5, 5.41) is 2.58. The van der Waals surface area contributed by atoms with Gasteiger partial charge in [-0.1, -0.05) is 6.07 Å². The third-order valence-corrected chi connectivity index (χ3v) is 6.88. The van der Waals surface area contributed by atoms with Gasteiger partial charge in [0, 0.05) is 19.7 Å². The number of carbonyl (C=O) groups is 1. The fraction of sp³-hybridized carbons (Fsp3) is 0.182. The number of amides is 1. The van der Waals surface area contributed by atoms with Crippen LogP contribution in [0, 0.1) is 0 Å². The van der Waals surface area contributed by atoms with Crippen LogP contribution in [-0.4, -0.2) is 42.3 Å². The summed E-state index contributed by atoms with van der Waals surface area (Å²) in [6.45, 7) is 0.0968.